The average molecular weight is 346 g/mol. The minimum absolute atomic E-state index is 0.0944. The summed E-state index contributed by atoms with van der Waals surface area (Å²) >= 11 is 1.46. The Morgan fingerprint density at radius 1 is 1.38 bits per heavy atom. The number of aromatic nitrogens is 2. The van der Waals surface area contributed by atoms with Crippen LogP contribution in [0.4, 0.5) is 11.5 Å². The number of nitrogens with zero attached hydrogens (tertiary/aromatic N) is 3. The highest BCUT2D eigenvalue weighted by Crippen LogP contribution is 2.28. The van der Waals surface area contributed by atoms with Crippen LogP contribution in [0.3, 0.4) is 0 Å². The van der Waals surface area contributed by atoms with Crippen LogP contribution in [0.5, 0.6) is 0 Å². The number of aliphatic hydroxyl groups excluding tert-OH is 1. The van der Waals surface area contributed by atoms with Crippen molar-refractivity contribution >= 4 is 28.5 Å². The molecule has 0 aliphatic rings. The predicted octanol–water partition coefficient (Wildman–Crippen LogP) is 2.20. The third-order valence-electron chi connectivity index (χ3n) is 3.51. The molecule has 0 amide bonds. The number of fused-ring (bicyclic) bond motifs is 1. The Bertz CT molecular complexity index is 923. The quantitative estimate of drug-likeness (QED) is 0.523. The molecule has 0 aliphatic carbocycles. The van der Waals surface area contributed by atoms with Crippen LogP contribution in [0.2, 0.25) is 0 Å². The smallest absolute Gasteiger partial charge is 0.376 e. The van der Waals surface area contributed by atoms with Gasteiger partial charge in [-0.25, -0.2) is 4.98 Å². The first-order valence-electron chi connectivity index (χ1n) is 7.18. The molecule has 0 fully saturated rings. The molecule has 1 atom stereocenters. The van der Waals surface area contributed by atoms with Crippen LogP contribution in [0, 0.1) is 10.1 Å². The molecule has 24 heavy (non-hydrogen) atoms. The van der Waals surface area contributed by atoms with E-state index in [4.69, 9.17) is 0 Å². The molecule has 0 bridgehead atoms. The number of rotatable bonds is 6. The number of anilines is 1. The van der Waals surface area contributed by atoms with Gasteiger partial charge in [-0.05, 0) is 30.0 Å². The summed E-state index contributed by atoms with van der Waals surface area (Å²) in [6.45, 7) is -0.101. The highest BCUT2D eigenvalue weighted by atomic mass is 32.1. The van der Waals surface area contributed by atoms with E-state index in [1.54, 1.807) is 18.2 Å². The van der Waals surface area contributed by atoms with Gasteiger partial charge in [-0.3, -0.25) is 19.3 Å². The molecule has 0 saturated heterocycles. The zero-order valence-electron chi connectivity index (χ0n) is 12.5. The summed E-state index contributed by atoms with van der Waals surface area (Å²) in [6.07, 6.45) is 1.78. The van der Waals surface area contributed by atoms with Gasteiger partial charge in [-0.1, -0.05) is 12.1 Å². The molecule has 0 spiro atoms. The van der Waals surface area contributed by atoms with Gasteiger partial charge in [0, 0.05) is 17.7 Å². The first-order valence-corrected chi connectivity index (χ1v) is 8.06. The summed E-state index contributed by atoms with van der Waals surface area (Å²) in [5.74, 6) is -0.0944. The molecule has 8 nitrogen and oxygen atoms in total. The second-order valence-corrected chi connectivity index (χ2v) is 6.00. The zero-order chi connectivity index (χ0) is 17.1. The fraction of sp³-hybridized carbons (Fsp3) is 0.200. The Kier molecular flexibility index (Phi) is 4.54. The number of nitro groups is 1. The lowest BCUT2D eigenvalue weighted by molar-refractivity contribution is -0.385. The number of hydrogen-bond acceptors (Lipinski definition) is 7. The molecule has 0 radical (unpaired) electrons. The van der Waals surface area contributed by atoms with E-state index in [-0.39, 0.29) is 18.5 Å². The molecule has 3 rings (SSSR count). The van der Waals surface area contributed by atoms with E-state index < -0.39 is 16.2 Å². The van der Waals surface area contributed by atoms with Crippen molar-refractivity contribution in [3.05, 3.63) is 67.3 Å². The Morgan fingerprint density at radius 3 is 2.88 bits per heavy atom. The summed E-state index contributed by atoms with van der Waals surface area (Å²) in [6, 6.07) is 8.24. The molecule has 0 saturated carbocycles. The third-order valence-corrected chi connectivity index (χ3v) is 4.49. The van der Waals surface area contributed by atoms with Crippen molar-refractivity contribution in [1.29, 1.82) is 0 Å². The van der Waals surface area contributed by atoms with E-state index in [2.05, 4.69) is 10.3 Å². The van der Waals surface area contributed by atoms with Crippen LogP contribution >= 0.6 is 11.3 Å². The van der Waals surface area contributed by atoms with Gasteiger partial charge in [-0.2, -0.15) is 0 Å². The fourth-order valence-corrected chi connectivity index (χ4v) is 3.23. The maximum atomic E-state index is 12.4. The number of pyridine rings is 1. The summed E-state index contributed by atoms with van der Waals surface area (Å²) in [7, 11) is 0. The average Bonchev–Trinajstić information content (AvgIpc) is 3.08. The van der Waals surface area contributed by atoms with Gasteiger partial charge >= 0.3 is 11.2 Å². The molecule has 0 aromatic carbocycles. The van der Waals surface area contributed by atoms with Crippen molar-refractivity contribution in [2.45, 2.75) is 12.5 Å². The van der Waals surface area contributed by atoms with Crippen molar-refractivity contribution in [2.24, 2.45) is 0 Å². The Labute approximate surface area is 140 Å². The fourth-order valence-electron chi connectivity index (χ4n) is 2.41. The van der Waals surface area contributed by atoms with Crippen molar-refractivity contribution in [1.82, 2.24) is 9.38 Å². The number of hydrogen-bond donors (Lipinski definition) is 2. The van der Waals surface area contributed by atoms with E-state index in [9.17, 15) is 20.0 Å². The largest absolute Gasteiger partial charge is 0.396 e. The lowest BCUT2D eigenvalue weighted by Gasteiger charge is -2.17. The number of thiophene rings is 1. The number of aliphatic hydroxyl groups is 1. The zero-order valence-corrected chi connectivity index (χ0v) is 13.3. The van der Waals surface area contributed by atoms with Crippen LogP contribution in [-0.2, 0) is 0 Å². The van der Waals surface area contributed by atoms with Crippen molar-refractivity contribution in [3.8, 4) is 0 Å². The van der Waals surface area contributed by atoms with Gasteiger partial charge in [0.15, 0.2) is 0 Å². The lowest BCUT2D eigenvalue weighted by Crippen LogP contribution is -2.22. The first-order chi connectivity index (χ1) is 11.6. The molecule has 9 heteroatoms. The Balaban J connectivity index is 2.12. The SMILES string of the molecule is O=c1c([N+](=O)[O-])c(NC(CCO)c2cccs2)nc2ccccn12. The highest BCUT2D eigenvalue weighted by Gasteiger charge is 2.26. The maximum Gasteiger partial charge on any atom is 0.376 e. The number of nitrogens with one attached hydrogen (secondary N) is 1. The molecule has 3 heterocycles. The highest BCUT2D eigenvalue weighted by molar-refractivity contribution is 7.10. The van der Waals surface area contributed by atoms with Gasteiger partial charge in [0.1, 0.15) is 5.65 Å². The van der Waals surface area contributed by atoms with E-state index in [1.807, 2.05) is 17.5 Å². The molecule has 0 aliphatic heterocycles. The van der Waals surface area contributed by atoms with Crippen LogP contribution in [-0.4, -0.2) is 26.0 Å². The topological polar surface area (TPSA) is 110 Å². The van der Waals surface area contributed by atoms with Gasteiger partial charge < -0.3 is 10.4 Å². The van der Waals surface area contributed by atoms with Gasteiger partial charge in [0.05, 0.1) is 11.0 Å². The molecule has 1 unspecified atom stereocenters. The standard InChI is InChI=1S/C15H14N4O4S/c20-8-6-10(11-4-3-9-24-11)16-14-13(19(22)23)15(21)18-7-2-1-5-12(18)17-14/h1-5,7,9-10,16,20H,6,8H2. The van der Waals surface area contributed by atoms with Crippen LogP contribution in [0.1, 0.15) is 17.3 Å². The summed E-state index contributed by atoms with van der Waals surface area (Å²) in [4.78, 5) is 28.2. The minimum Gasteiger partial charge on any atom is -0.396 e. The van der Waals surface area contributed by atoms with Gasteiger partial charge in [0.2, 0.25) is 5.82 Å². The minimum atomic E-state index is -0.748. The molecule has 2 N–H and O–H groups in total. The summed E-state index contributed by atoms with van der Waals surface area (Å²) in [5, 5.41) is 25.5. The van der Waals surface area contributed by atoms with Crippen LogP contribution in [0.15, 0.2) is 46.7 Å². The molecule has 3 aromatic heterocycles. The second kappa shape index (κ2) is 6.77. The van der Waals surface area contributed by atoms with Gasteiger partial charge in [0.25, 0.3) is 0 Å². The molecular formula is C15H14N4O4S. The second-order valence-electron chi connectivity index (χ2n) is 5.02. The van der Waals surface area contributed by atoms with Crippen LogP contribution < -0.4 is 10.9 Å². The molecular weight excluding hydrogens is 332 g/mol. The lowest BCUT2D eigenvalue weighted by atomic mass is 10.2. The monoisotopic (exact) mass is 346 g/mol. The summed E-state index contributed by atoms with van der Waals surface area (Å²) < 4.78 is 1.13. The van der Waals surface area contributed by atoms with Crippen molar-refractivity contribution in [2.75, 3.05) is 11.9 Å². The Morgan fingerprint density at radius 2 is 2.21 bits per heavy atom. The predicted molar refractivity (Wildman–Crippen MR) is 90.5 cm³/mol. The normalized spacial score (nSPS) is 12.2. The van der Waals surface area contributed by atoms with Gasteiger partial charge in [-0.15, -0.1) is 11.3 Å². The van der Waals surface area contributed by atoms with Crippen LogP contribution in [0.25, 0.3) is 5.65 Å². The van der Waals surface area contributed by atoms with E-state index >= 15 is 0 Å². The first kappa shape index (κ1) is 16.1. The van der Waals surface area contributed by atoms with Crippen molar-refractivity contribution in [3.63, 3.8) is 0 Å². The molecule has 124 valence electrons. The maximum absolute atomic E-state index is 12.4. The van der Waals surface area contributed by atoms with Crippen molar-refractivity contribution < 1.29 is 10.0 Å². The van der Waals surface area contributed by atoms with E-state index in [0.29, 0.717) is 12.1 Å². The summed E-state index contributed by atoms with van der Waals surface area (Å²) in [5.41, 5.74) is -1.05. The molecule has 3 aromatic rings. The van der Waals surface area contributed by atoms with E-state index in [0.717, 1.165) is 9.28 Å². The van der Waals surface area contributed by atoms with E-state index in [1.165, 1.54) is 17.5 Å². The third kappa shape index (κ3) is 2.99. The Hall–Kier alpha value is -2.78.